The molecule has 1 fully saturated rings. The Balaban J connectivity index is 1.71. The Morgan fingerprint density at radius 1 is 1.20 bits per heavy atom. The highest BCUT2D eigenvalue weighted by Crippen LogP contribution is 2.50. The van der Waals surface area contributed by atoms with Crippen LogP contribution in [0.4, 0.5) is 0 Å². The number of nitrogens with zero attached hydrogens (tertiary/aromatic N) is 2. The molecule has 4 heterocycles. The van der Waals surface area contributed by atoms with Crippen molar-refractivity contribution < 1.29 is 0 Å². The third-order valence-electron chi connectivity index (χ3n) is 6.01. The minimum Gasteiger partial charge on any atom is -0.342 e. The first-order valence-electron chi connectivity index (χ1n) is 8.21. The van der Waals surface area contributed by atoms with E-state index in [-0.39, 0.29) is 0 Å². The summed E-state index contributed by atoms with van der Waals surface area (Å²) < 4.78 is 2.66. The number of piperidine rings is 1. The summed E-state index contributed by atoms with van der Waals surface area (Å²) in [6.07, 6.45) is 4.04. The van der Waals surface area contributed by atoms with Gasteiger partial charge in [0.15, 0.2) is 0 Å². The van der Waals surface area contributed by atoms with Crippen molar-refractivity contribution in [2.75, 3.05) is 13.1 Å². The minimum atomic E-state index is 0.731. The standard InChI is InChI=1S/C18H22N2/c1-2-12-9-13-11-20-16-6-4-3-5-14(16)15-7-8-19(10-12)17(13)18(15)20/h3-6,12-13,17H,2,7-11H2,1H3/t12-,13-,17-/m1/s1. The van der Waals surface area contributed by atoms with Crippen LogP contribution in [0, 0.1) is 11.8 Å². The van der Waals surface area contributed by atoms with Gasteiger partial charge < -0.3 is 4.57 Å². The van der Waals surface area contributed by atoms with E-state index in [4.69, 9.17) is 0 Å². The molecule has 0 aliphatic carbocycles. The molecule has 5 rings (SSSR count). The number of hydrogen-bond donors (Lipinski definition) is 0. The predicted octanol–water partition coefficient (Wildman–Crippen LogP) is 3.60. The fourth-order valence-electron chi connectivity index (χ4n) is 5.15. The van der Waals surface area contributed by atoms with Crippen LogP contribution < -0.4 is 0 Å². The molecular formula is C18H22N2. The highest BCUT2D eigenvalue weighted by atomic mass is 15.2. The number of benzene rings is 1. The molecular weight excluding hydrogens is 244 g/mol. The highest BCUT2D eigenvalue weighted by Gasteiger charge is 2.46. The maximum absolute atomic E-state index is 2.80. The van der Waals surface area contributed by atoms with E-state index in [0.29, 0.717) is 0 Å². The lowest BCUT2D eigenvalue weighted by Crippen LogP contribution is -2.44. The van der Waals surface area contributed by atoms with Crippen LogP contribution in [0.1, 0.15) is 37.1 Å². The lowest BCUT2D eigenvalue weighted by atomic mass is 9.79. The van der Waals surface area contributed by atoms with Gasteiger partial charge in [0.05, 0.1) is 6.04 Å². The number of hydrogen-bond acceptors (Lipinski definition) is 1. The Bertz CT molecular complexity index is 684. The first kappa shape index (κ1) is 11.4. The van der Waals surface area contributed by atoms with Crippen molar-refractivity contribution in [1.82, 2.24) is 9.47 Å². The second-order valence-corrected chi connectivity index (χ2v) is 6.95. The average molecular weight is 266 g/mol. The van der Waals surface area contributed by atoms with Crippen LogP contribution in [-0.4, -0.2) is 22.6 Å². The van der Waals surface area contributed by atoms with E-state index in [9.17, 15) is 0 Å². The van der Waals surface area contributed by atoms with Gasteiger partial charge in [0.2, 0.25) is 0 Å². The predicted molar refractivity (Wildman–Crippen MR) is 81.8 cm³/mol. The topological polar surface area (TPSA) is 8.17 Å². The molecule has 0 spiro atoms. The van der Waals surface area contributed by atoms with Crippen LogP contribution >= 0.6 is 0 Å². The van der Waals surface area contributed by atoms with Crippen LogP contribution in [0.15, 0.2) is 24.3 Å². The second-order valence-electron chi connectivity index (χ2n) is 6.95. The number of rotatable bonds is 1. The molecule has 1 aromatic carbocycles. The van der Waals surface area contributed by atoms with Crippen LogP contribution in [0.3, 0.4) is 0 Å². The third kappa shape index (κ3) is 1.28. The fourth-order valence-corrected chi connectivity index (χ4v) is 5.15. The van der Waals surface area contributed by atoms with Gasteiger partial charge >= 0.3 is 0 Å². The Hall–Kier alpha value is -1.28. The van der Waals surface area contributed by atoms with E-state index >= 15 is 0 Å². The number of aromatic nitrogens is 1. The zero-order valence-electron chi connectivity index (χ0n) is 12.2. The Labute approximate surface area is 120 Å². The van der Waals surface area contributed by atoms with Crippen LogP contribution in [-0.2, 0) is 13.0 Å². The molecule has 3 aliphatic heterocycles. The van der Waals surface area contributed by atoms with Crippen molar-refractivity contribution in [3.8, 4) is 0 Å². The molecule has 1 aromatic heterocycles. The Morgan fingerprint density at radius 3 is 3.00 bits per heavy atom. The van der Waals surface area contributed by atoms with Gasteiger partial charge in [-0.15, -0.1) is 0 Å². The summed E-state index contributed by atoms with van der Waals surface area (Å²) >= 11 is 0. The summed E-state index contributed by atoms with van der Waals surface area (Å²) in [4.78, 5) is 2.80. The van der Waals surface area contributed by atoms with E-state index in [1.54, 1.807) is 11.3 Å². The van der Waals surface area contributed by atoms with E-state index in [1.807, 2.05) is 0 Å². The first-order valence-corrected chi connectivity index (χ1v) is 8.21. The van der Waals surface area contributed by atoms with E-state index < -0.39 is 0 Å². The molecule has 2 aromatic rings. The van der Waals surface area contributed by atoms with Gasteiger partial charge in [0.25, 0.3) is 0 Å². The van der Waals surface area contributed by atoms with E-state index in [0.717, 1.165) is 17.9 Å². The summed E-state index contributed by atoms with van der Waals surface area (Å²) in [5.74, 6) is 1.79. The lowest BCUT2D eigenvalue weighted by Gasteiger charge is -2.44. The number of fused-ring (bicyclic) bond motifs is 3. The summed E-state index contributed by atoms with van der Waals surface area (Å²) in [6, 6.07) is 9.79. The normalized spacial score (nSPS) is 31.8. The SMILES string of the molecule is CC[C@@H]1C[C@@H]2Cn3c4c(c5ccccc53)CCN(C1)[C@@H]42. The molecule has 3 aliphatic rings. The van der Waals surface area contributed by atoms with Gasteiger partial charge in [0, 0.05) is 36.2 Å². The van der Waals surface area contributed by atoms with Crippen molar-refractivity contribution in [2.45, 2.75) is 38.8 Å². The van der Waals surface area contributed by atoms with Crippen molar-refractivity contribution in [1.29, 1.82) is 0 Å². The summed E-state index contributed by atoms with van der Waals surface area (Å²) in [6.45, 7) is 6.23. The zero-order chi connectivity index (χ0) is 13.3. The van der Waals surface area contributed by atoms with Crippen molar-refractivity contribution >= 4 is 10.9 Å². The van der Waals surface area contributed by atoms with Crippen LogP contribution in [0.5, 0.6) is 0 Å². The Morgan fingerprint density at radius 2 is 2.10 bits per heavy atom. The van der Waals surface area contributed by atoms with Gasteiger partial charge in [-0.05, 0) is 36.3 Å². The second kappa shape index (κ2) is 3.88. The first-order chi connectivity index (χ1) is 9.86. The molecule has 3 atom stereocenters. The molecule has 0 unspecified atom stereocenters. The quantitative estimate of drug-likeness (QED) is 0.765. The highest BCUT2D eigenvalue weighted by molar-refractivity contribution is 5.86. The molecule has 2 heteroatoms. The van der Waals surface area contributed by atoms with Crippen LogP contribution in [0.25, 0.3) is 10.9 Å². The van der Waals surface area contributed by atoms with Gasteiger partial charge in [-0.3, -0.25) is 4.90 Å². The fraction of sp³-hybridized carbons (Fsp3) is 0.556. The smallest absolute Gasteiger partial charge is 0.0549 e. The average Bonchev–Trinajstić information content (AvgIpc) is 3.02. The lowest BCUT2D eigenvalue weighted by molar-refractivity contribution is 0.0565. The Kier molecular flexibility index (Phi) is 2.21. The monoisotopic (exact) mass is 266 g/mol. The third-order valence-corrected chi connectivity index (χ3v) is 6.01. The summed E-state index contributed by atoms with van der Waals surface area (Å²) in [7, 11) is 0. The van der Waals surface area contributed by atoms with Gasteiger partial charge in [0.1, 0.15) is 0 Å². The van der Waals surface area contributed by atoms with Gasteiger partial charge in [-0.2, -0.15) is 0 Å². The minimum absolute atomic E-state index is 0.731. The zero-order valence-corrected chi connectivity index (χ0v) is 12.2. The molecule has 20 heavy (non-hydrogen) atoms. The molecule has 1 saturated heterocycles. The van der Waals surface area contributed by atoms with E-state index in [1.165, 1.54) is 49.8 Å². The van der Waals surface area contributed by atoms with Gasteiger partial charge in [-0.25, -0.2) is 0 Å². The van der Waals surface area contributed by atoms with Crippen molar-refractivity contribution in [3.63, 3.8) is 0 Å². The van der Waals surface area contributed by atoms with Crippen molar-refractivity contribution in [3.05, 3.63) is 35.5 Å². The molecule has 104 valence electrons. The number of para-hydroxylation sites is 1. The molecule has 0 radical (unpaired) electrons. The van der Waals surface area contributed by atoms with Crippen LogP contribution in [0.2, 0.25) is 0 Å². The summed E-state index contributed by atoms with van der Waals surface area (Å²) in [5.41, 5.74) is 4.83. The van der Waals surface area contributed by atoms with Crippen molar-refractivity contribution in [2.24, 2.45) is 11.8 Å². The molecule has 2 nitrogen and oxygen atoms in total. The maximum Gasteiger partial charge on any atom is 0.0549 e. The largest absolute Gasteiger partial charge is 0.342 e. The molecule has 0 N–H and O–H groups in total. The van der Waals surface area contributed by atoms with E-state index in [2.05, 4.69) is 40.7 Å². The molecule has 0 amide bonds. The maximum atomic E-state index is 2.80. The summed E-state index contributed by atoms with van der Waals surface area (Å²) in [5, 5.41) is 1.53. The van der Waals surface area contributed by atoms with Gasteiger partial charge in [-0.1, -0.05) is 31.5 Å². The molecule has 0 bridgehead atoms. The molecule has 0 saturated carbocycles.